The molecule has 10 heteroatoms. The van der Waals surface area contributed by atoms with E-state index in [0.717, 1.165) is 28.1 Å². The molecule has 3 aromatic carbocycles. The van der Waals surface area contributed by atoms with Crippen molar-refractivity contribution in [2.24, 2.45) is 11.7 Å². The standard InChI is InChI=1S/C35H38ClFN4O4/c1-41(2)33-13-10-24(19-39-33)23-8-6-21(7-9-23)16-29(38)30(42)17-25(14-22-4-3-5-26(36)15-22)35(44)40-34-28-18-27(37)11-12-32(28)45-20-31(34)43/h3-13,15,18-19,25,29-31,34,42-43H,14,16-17,20,38H2,1-2H3,(H,40,44)/t25-,29+,30+,31-,34+/m1/s1. The molecule has 0 saturated heterocycles. The average Bonchev–Trinajstić information content (AvgIpc) is 3.02. The smallest absolute Gasteiger partial charge is 0.224 e. The van der Waals surface area contributed by atoms with E-state index in [9.17, 15) is 19.4 Å². The van der Waals surface area contributed by atoms with E-state index in [4.69, 9.17) is 22.1 Å². The molecular weight excluding hydrogens is 595 g/mol. The number of ether oxygens (including phenoxy) is 1. The van der Waals surface area contributed by atoms with Crippen molar-refractivity contribution in [3.05, 3.63) is 113 Å². The molecule has 5 N–H and O–H groups in total. The molecule has 1 aliphatic heterocycles. The molecule has 5 rings (SSSR count). The third-order valence-corrected chi connectivity index (χ3v) is 8.36. The van der Waals surface area contributed by atoms with E-state index >= 15 is 0 Å². The van der Waals surface area contributed by atoms with Crippen LogP contribution in [0, 0.1) is 11.7 Å². The van der Waals surface area contributed by atoms with Gasteiger partial charge in [-0.05, 0) is 78.4 Å². The van der Waals surface area contributed by atoms with Gasteiger partial charge in [-0.2, -0.15) is 0 Å². The number of nitrogens with one attached hydrogen (secondary N) is 1. The first kappa shape index (κ1) is 32.4. The normalized spacial score (nSPS) is 17.8. The number of carbonyl (C=O) groups is 1. The first-order chi connectivity index (χ1) is 21.6. The quantitative estimate of drug-likeness (QED) is 0.189. The lowest BCUT2D eigenvalue weighted by Crippen LogP contribution is -2.46. The van der Waals surface area contributed by atoms with Crippen LogP contribution in [0.5, 0.6) is 5.75 Å². The van der Waals surface area contributed by atoms with E-state index in [-0.39, 0.29) is 19.4 Å². The van der Waals surface area contributed by atoms with Crippen molar-refractivity contribution in [1.82, 2.24) is 10.3 Å². The first-order valence-electron chi connectivity index (χ1n) is 14.9. The van der Waals surface area contributed by atoms with Crippen molar-refractivity contribution in [2.75, 3.05) is 25.6 Å². The van der Waals surface area contributed by atoms with Gasteiger partial charge in [0.1, 0.15) is 30.1 Å². The summed E-state index contributed by atoms with van der Waals surface area (Å²) in [6.07, 6.45) is 0.492. The Hall–Kier alpha value is -4.02. The van der Waals surface area contributed by atoms with Gasteiger partial charge in [0, 0.05) is 48.4 Å². The van der Waals surface area contributed by atoms with Crippen LogP contribution in [0.3, 0.4) is 0 Å². The highest BCUT2D eigenvalue weighted by atomic mass is 35.5. The monoisotopic (exact) mass is 632 g/mol. The molecule has 1 aromatic heterocycles. The molecule has 0 saturated carbocycles. The zero-order valence-corrected chi connectivity index (χ0v) is 26.0. The summed E-state index contributed by atoms with van der Waals surface area (Å²) in [6, 6.07) is 21.6. The minimum atomic E-state index is -1.08. The van der Waals surface area contributed by atoms with Gasteiger partial charge in [0.2, 0.25) is 5.91 Å². The number of anilines is 1. The Morgan fingerprint density at radius 2 is 1.82 bits per heavy atom. The maximum atomic E-state index is 14.1. The van der Waals surface area contributed by atoms with Crippen molar-refractivity contribution < 1.29 is 24.1 Å². The molecular formula is C35H38ClFN4O4. The minimum absolute atomic E-state index is 0.0489. The van der Waals surface area contributed by atoms with E-state index in [1.165, 1.54) is 18.2 Å². The topological polar surface area (TPSA) is 121 Å². The van der Waals surface area contributed by atoms with Crippen molar-refractivity contribution in [3.63, 3.8) is 0 Å². The molecule has 8 nitrogen and oxygen atoms in total. The Labute approximate surface area is 267 Å². The number of hydrogen-bond donors (Lipinski definition) is 4. The maximum absolute atomic E-state index is 14.1. The molecule has 0 unspecified atom stereocenters. The molecule has 236 valence electrons. The highest BCUT2D eigenvalue weighted by molar-refractivity contribution is 6.30. The van der Waals surface area contributed by atoms with Crippen LogP contribution in [0.1, 0.15) is 29.2 Å². The van der Waals surface area contributed by atoms with Crippen LogP contribution in [0.25, 0.3) is 11.1 Å². The van der Waals surface area contributed by atoms with Crippen LogP contribution in [0.4, 0.5) is 10.2 Å². The molecule has 0 fully saturated rings. The molecule has 0 aliphatic carbocycles. The zero-order valence-electron chi connectivity index (χ0n) is 25.2. The number of aromatic nitrogens is 1. The second kappa shape index (κ2) is 14.4. The summed E-state index contributed by atoms with van der Waals surface area (Å²) in [5.41, 5.74) is 10.6. The predicted octanol–water partition coefficient (Wildman–Crippen LogP) is 4.70. The van der Waals surface area contributed by atoms with Crippen molar-refractivity contribution in [3.8, 4) is 16.9 Å². The Bertz CT molecular complexity index is 1600. The van der Waals surface area contributed by atoms with Crippen LogP contribution >= 0.6 is 11.6 Å². The second-order valence-corrected chi connectivity index (χ2v) is 12.2. The molecule has 1 amide bonds. The Morgan fingerprint density at radius 1 is 1.07 bits per heavy atom. The van der Waals surface area contributed by atoms with E-state index in [1.807, 2.05) is 67.7 Å². The van der Waals surface area contributed by atoms with Gasteiger partial charge in [-0.15, -0.1) is 0 Å². The van der Waals surface area contributed by atoms with Gasteiger partial charge < -0.3 is 30.9 Å². The van der Waals surface area contributed by atoms with Gasteiger partial charge in [-0.25, -0.2) is 9.37 Å². The lowest BCUT2D eigenvalue weighted by Gasteiger charge is -2.33. The molecule has 0 bridgehead atoms. The highest BCUT2D eigenvalue weighted by Gasteiger charge is 2.34. The number of amides is 1. The number of rotatable bonds is 11. The van der Waals surface area contributed by atoms with Gasteiger partial charge in [0.25, 0.3) is 0 Å². The molecule has 1 aliphatic rings. The lowest BCUT2D eigenvalue weighted by molar-refractivity contribution is -0.128. The fourth-order valence-corrected chi connectivity index (χ4v) is 5.79. The van der Waals surface area contributed by atoms with E-state index < -0.39 is 41.9 Å². The van der Waals surface area contributed by atoms with Crippen LogP contribution in [0.15, 0.2) is 85.1 Å². The summed E-state index contributed by atoms with van der Waals surface area (Å²) in [7, 11) is 3.89. The number of fused-ring (bicyclic) bond motifs is 1. The molecule has 5 atom stereocenters. The third-order valence-electron chi connectivity index (χ3n) is 8.13. The lowest BCUT2D eigenvalue weighted by atomic mass is 9.88. The highest BCUT2D eigenvalue weighted by Crippen LogP contribution is 2.33. The number of aliphatic hydroxyl groups excluding tert-OH is 2. The molecule has 4 aromatic rings. The molecule has 2 heterocycles. The fraction of sp³-hybridized carbons (Fsp3) is 0.314. The van der Waals surface area contributed by atoms with Crippen LogP contribution in [-0.4, -0.2) is 60.1 Å². The summed E-state index contributed by atoms with van der Waals surface area (Å²) in [6.45, 7) is -0.0489. The van der Waals surface area contributed by atoms with Crippen molar-refractivity contribution >= 4 is 23.3 Å². The number of benzene rings is 3. The summed E-state index contributed by atoms with van der Waals surface area (Å²) in [5.74, 6) is -0.347. The zero-order chi connectivity index (χ0) is 32.1. The Morgan fingerprint density at radius 3 is 2.51 bits per heavy atom. The second-order valence-electron chi connectivity index (χ2n) is 11.7. The summed E-state index contributed by atoms with van der Waals surface area (Å²) in [4.78, 5) is 20.2. The molecule has 45 heavy (non-hydrogen) atoms. The Kier molecular flexibility index (Phi) is 10.4. The van der Waals surface area contributed by atoms with E-state index in [0.29, 0.717) is 22.8 Å². The van der Waals surface area contributed by atoms with Gasteiger partial charge in [0.05, 0.1) is 12.1 Å². The summed E-state index contributed by atoms with van der Waals surface area (Å²) >= 11 is 6.21. The average molecular weight is 633 g/mol. The number of halogens is 2. The maximum Gasteiger partial charge on any atom is 0.224 e. The van der Waals surface area contributed by atoms with Gasteiger partial charge >= 0.3 is 0 Å². The first-order valence-corrected chi connectivity index (χ1v) is 15.3. The van der Waals surface area contributed by atoms with Crippen LogP contribution in [0.2, 0.25) is 5.02 Å². The SMILES string of the molecule is CN(C)c1ccc(-c2ccc(C[C@H](N)[C@@H](O)C[C@@H](Cc3cccc(Cl)c3)C(=O)N[C@H]3c4cc(F)ccc4OC[C@H]3O)cc2)cn1. The van der Waals surface area contributed by atoms with Crippen molar-refractivity contribution in [1.29, 1.82) is 0 Å². The predicted molar refractivity (Wildman–Crippen MR) is 174 cm³/mol. The fourth-order valence-electron chi connectivity index (χ4n) is 5.58. The van der Waals surface area contributed by atoms with E-state index in [1.54, 1.807) is 18.2 Å². The van der Waals surface area contributed by atoms with E-state index in [2.05, 4.69) is 10.3 Å². The number of hydrogen-bond acceptors (Lipinski definition) is 7. The number of nitrogens with zero attached hydrogens (tertiary/aromatic N) is 2. The van der Waals surface area contributed by atoms with Crippen molar-refractivity contribution in [2.45, 2.75) is 43.6 Å². The minimum Gasteiger partial charge on any atom is -0.490 e. The van der Waals surface area contributed by atoms with Gasteiger partial charge in [-0.1, -0.05) is 48.0 Å². The number of aliphatic hydroxyl groups is 2. The number of pyridine rings is 1. The van der Waals surface area contributed by atoms with Gasteiger partial charge in [-0.3, -0.25) is 4.79 Å². The Balaban J connectivity index is 1.28. The number of carbonyl (C=O) groups excluding carboxylic acids is 1. The molecule has 0 radical (unpaired) electrons. The summed E-state index contributed by atoms with van der Waals surface area (Å²) < 4.78 is 19.6. The largest absolute Gasteiger partial charge is 0.490 e. The third kappa shape index (κ3) is 8.18. The van der Waals surface area contributed by atoms with Crippen LogP contribution in [-0.2, 0) is 17.6 Å². The van der Waals surface area contributed by atoms with Gasteiger partial charge in [0.15, 0.2) is 0 Å². The molecule has 0 spiro atoms. The summed E-state index contributed by atoms with van der Waals surface area (Å²) in [5, 5.41) is 25.3. The number of nitrogens with two attached hydrogens (primary N) is 1. The van der Waals surface area contributed by atoms with Crippen LogP contribution < -0.4 is 20.7 Å².